The number of hydrogen-bond donors (Lipinski definition) is 1. The highest BCUT2D eigenvalue weighted by molar-refractivity contribution is 9.10. The highest BCUT2D eigenvalue weighted by Gasteiger charge is 2.12. The molecule has 0 saturated heterocycles. The highest BCUT2D eigenvalue weighted by atomic mass is 79.9. The summed E-state index contributed by atoms with van der Waals surface area (Å²) in [5.74, 6) is 0.400. The van der Waals surface area contributed by atoms with Gasteiger partial charge in [0.2, 0.25) is 0 Å². The van der Waals surface area contributed by atoms with E-state index in [1.165, 1.54) is 0 Å². The Morgan fingerprint density at radius 1 is 1.22 bits per heavy atom. The summed E-state index contributed by atoms with van der Waals surface area (Å²) < 4.78 is 2.78. The molecule has 0 fully saturated rings. The molecule has 2 aromatic rings. The van der Waals surface area contributed by atoms with Gasteiger partial charge in [-0.2, -0.15) is 5.10 Å². The lowest BCUT2D eigenvalue weighted by Crippen LogP contribution is -2.04. The zero-order valence-corrected chi connectivity index (χ0v) is 12.3. The third-order valence-corrected chi connectivity index (χ3v) is 3.38. The van der Waals surface area contributed by atoms with E-state index in [9.17, 15) is 5.11 Å². The van der Waals surface area contributed by atoms with Gasteiger partial charge in [-0.05, 0) is 37.1 Å². The van der Waals surface area contributed by atoms with Crippen LogP contribution in [0.15, 0.2) is 34.9 Å². The monoisotopic (exact) mass is 308 g/mol. The lowest BCUT2D eigenvalue weighted by molar-refractivity contribution is 0.199. The first-order valence-electron chi connectivity index (χ1n) is 6.02. The minimum Gasteiger partial charge on any atom is -0.389 e. The van der Waals surface area contributed by atoms with Crippen LogP contribution >= 0.6 is 15.9 Å². The Labute approximate surface area is 116 Å². The first kappa shape index (κ1) is 13.3. The molecule has 0 spiro atoms. The third kappa shape index (κ3) is 2.65. The number of aliphatic hydroxyl groups is 1. The molecule has 1 atom stereocenters. The molecular formula is C14H17BrN2O. The van der Waals surface area contributed by atoms with Gasteiger partial charge in [-0.3, -0.25) is 0 Å². The van der Waals surface area contributed by atoms with E-state index in [1.807, 2.05) is 35.1 Å². The van der Waals surface area contributed by atoms with Crippen LogP contribution in [0.25, 0.3) is 5.69 Å². The summed E-state index contributed by atoms with van der Waals surface area (Å²) in [5.41, 5.74) is 2.83. The largest absolute Gasteiger partial charge is 0.389 e. The van der Waals surface area contributed by atoms with Crippen molar-refractivity contribution < 1.29 is 5.11 Å². The van der Waals surface area contributed by atoms with Gasteiger partial charge in [0.05, 0.1) is 17.5 Å². The maximum atomic E-state index is 9.84. The molecule has 1 heterocycles. The van der Waals surface area contributed by atoms with Gasteiger partial charge in [0.25, 0.3) is 0 Å². The molecular weight excluding hydrogens is 292 g/mol. The maximum Gasteiger partial charge on any atom is 0.0783 e. The smallest absolute Gasteiger partial charge is 0.0783 e. The van der Waals surface area contributed by atoms with E-state index in [0.717, 1.165) is 21.4 Å². The standard InChI is InChI=1S/C14H17BrN2O/c1-9(2)13-6-7-17(16-13)14-5-4-11(15)8-12(14)10(3)18/h4-10,18H,1-3H3. The number of aliphatic hydroxyl groups excluding tert-OH is 1. The van der Waals surface area contributed by atoms with Gasteiger partial charge in [0.15, 0.2) is 0 Å². The average molecular weight is 309 g/mol. The van der Waals surface area contributed by atoms with Crippen molar-refractivity contribution in [1.82, 2.24) is 9.78 Å². The normalized spacial score (nSPS) is 13.0. The van der Waals surface area contributed by atoms with Crippen molar-refractivity contribution in [3.63, 3.8) is 0 Å². The Morgan fingerprint density at radius 2 is 1.94 bits per heavy atom. The molecule has 3 nitrogen and oxygen atoms in total. The molecule has 2 rings (SSSR count). The van der Waals surface area contributed by atoms with E-state index in [0.29, 0.717) is 5.92 Å². The van der Waals surface area contributed by atoms with E-state index in [2.05, 4.69) is 34.9 Å². The molecule has 4 heteroatoms. The molecule has 1 aromatic carbocycles. The van der Waals surface area contributed by atoms with Crippen LogP contribution in [0.2, 0.25) is 0 Å². The molecule has 1 aromatic heterocycles. The van der Waals surface area contributed by atoms with Gasteiger partial charge in [0.1, 0.15) is 0 Å². The van der Waals surface area contributed by atoms with Crippen LogP contribution in [0.3, 0.4) is 0 Å². The summed E-state index contributed by atoms with van der Waals surface area (Å²) >= 11 is 3.42. The summed E-state index contributed by atoms with van der Waals surface area (Å²) in [6.07, 6.45) is 1.41. The number of aromatic nitrogens is 2. The van der Waals surface area contributed by atoms with Crippen molar-refractivity contribution in [3.8, 4) is 5.69 Å². The summed E-state index contributed by atoms with van der Waals surface area (Å²) in [7, 11) is 0. The van der Waals surface area contributed by atoms with Crippen LogP contribution in [0, 0.1) is 0 Å². The molecule has 0 radical (unpaired) electrons. The van der Waals surface area contributed by atoms with Crippen LogP contribution in [-0.2, 0) is 0 Å². The van der Waals surface area contributed by atoms with E-state index in [-0.39, 0.29) is 0 Å². The lowest BCUT2D eigenvalue weighted by atomic mass is 10.1. The molecule has 0 saturated carbocycles. The minimum atomic E-state index is -0.524. The Hall–Kier alpha value is -1.13. The topological polar surface area (TPSA) is 38.0 Å². The van der Waals surface area contributed by atoms with Gasteiger partial charge in [-0.25, -0.2) is 4.68 Å². The van der Waals surface area contributed by atoms with E-state index in [4.69, 9.17) is 0 Å². The number of halogens is 1. The van der Waals surface area contributed by atoms with E-state index in [1.54, 1.807) is 6.92 Å². The van der Waals surface area contributed by atoms with Crippen LogP contribution in [0.5, 0.6) is 0 Å². The molecule has 0 aliphatic carbocycles. The highest BCUT2D eigenvalue weighted by Crippen LogP contribution is 2.25. The maximum absolute atomic E-state index is 9.84. The zero-order valence-electron chi connectivity index (χ0n) is 10.8. The van der Waals surface area contributed by atoms with Crippen molar-refractivity contribution in [1.29, 1.82) is 0 Å². The van der Waals surface area contributed by atoms with Crippen LogP contribution in [-0.4, -0.2) is 14.9 Å². The summed E-state index contributed by atoms with van der Waals surface area (Å²) in [5, 5.41) is 14.4. The van der Waals surface area contributed by atoms with Gasteiger partial charge in [0, 0.05) is 16.2 Å². The van der Waals surface area contributed by atoms with Gasteiger partial charge in [-0.15, -0.1) is 0 Å². The van der Waals surface area contributed by atoms with Crippen molar-refractivity contribution in [2.24, 2.45) is 0 Å². The van der Waals surface area contributed by atoms with Crippen LogP contribution < -0.4 is 0 Å². The minimum absolute atomic E-state index is 0.400. The Bertz CT molecular complexity index is 546. The molecule has 0 bridgehead atoms. The second-order valence-electron chi connectivity index (χ2n) is 4.72. The molecule has 96 valence electrons. The SMILES string of the molecule is CC(C)c1ccn(-c2ccc(Br)cc2C(C)O)n1. The third-order valence-electron chi connectivity index (χ3n) is 2.89. The molecule has 1 unspecified atom stereocenters. The van der Waals surface area contributed by atoms with Gasteiger partial charge in [-0.1, -0.05) is 29.8 Å². The number of rotatable bonds is 3. The Morgan fingerprint density at radius 3 is 2.50 bits per heavy atom. The van der Waals surface area contributed by atoms with Crippen molar-refractivity contribution in [2.45, 2.75) is 32.8 Å². The second-order valence-corrected chi connectivity index (χ2v) is 5.63. The molecule has 0 amide bonds. The average Bonchev–Trinajstić information content (AvgIpc) is 2.78. The summed E-state index contributed by atoms with van der Waals surface area (Å²) in [6.45, 7) is 5.99. The second kappa shape index (κ2) is 5.24. The number of hydrogen-bond acceptors (Lipinski definition) is 2. The van der Waals surface area contributed by atoms with Crippen LogP contribution in [0.4, 0.5) is 0 Å². The summed E-state index contributed by atoms with van der Waals surface area (Å²) in [4.78, 5) is 0. The van der Waals surface area contributed by atoms with Gasteiger partial charge < -0.3 is 5.11 Å². The first-order chi connectivity index (χ1) is 8.49. The molecule has 0 aliphatic heterocycles. The predicted molar refractivity (Wildman–Crippen MR) is 76.0 cm³/mol. The molecule has 18 heavy (non-hydrogen) atoms. The first-order valence-corrected chi connectivity index (χ1v) is 6.82. The van der Waals surface area contributed by atoms with E-state index >= 15 is 0 Å². The van der Waals surface area contributed by atoms with Crippen molar-refractivity contribution in [3.05, 3.63) is 46.2 Å². The fourth-order valence-electron chi connectivity index (χ4n) is 1.85. The fraction of sp³-hybridized carbons (Fsp3) is 0.357. The quantitative estimate of drug-likeness (QED) is 0.936. The zero-order chi connectivity index (χ0) is 13.3. The molecule has 1 N–H and O–H groups in total. The predicted octanol–water partition coefficient (Wildman–Crippen LogP) is 3.81. The van der Waals surface area contributed by atoms with E-state index < -0.39 is 6.10 Å². The van der Waals surface area contributed by atoms with Crippen molar-refractivity contribution in [2.75, 3.05) is 0 Å². The van der Waals surface area contributed by atoms with Crippen molar-refractivity contribution >= 4 is 15.9 Å². The summed E-state index contributed by atoms with van der Waals surface area (Å²) in [6, 6.07) is 7.86. The Balaban J connectivity index is 2.49. The number of benzene rings is 1. The van der Waals surface area contributed by atoms with Crippen LogP contribution in [0.1, 0.15) is 44.1 Å². The molecule has 0 aliphatic rings. The Kier molecular flexibility index (Phi) is 3.88. The lowest BCUT2D eigenvalue weighted by Gasteiger charge is -2.12. The fourth-order valence-corrected chi connectivity index (χ4v) is 2.23. The van der Waals surface area contributed by atoms with Gasteiger partial charge >= 0.3 is 0 Å². The number of nitrogens with zero attached hydrogens (tertiary/aromatic N) is 2.